The van der Waals surface area contributed by atoms with Crippen LogP contribution in [0.3, 0.4) is 0 Å². The highest BCUT2D eigenvalue weighted by atomic mass is 32.1. The van der Waals surface area contributed by atoms with Gasteiger partial charge in [-0.15, -0.1) is 0 Å². The predicted octanol–water partition coefficient (Wildman–Crippen LogP) is 3.81. The number of rotatable bonds is 3. The van der Waals surface area contributed by atoms with E-state index >= 15 is 0 Å². The Morgan fingerprint density at radius 3 is 2.86 bits per heavy atom. The Morgan fingerprint density at radius 2 is 2.14 bits per heavy atom. The second-order valence-corrected chi connectivity index (χ2v) is 3.75. The second kappa shape index (κ2) is 4.29. The van der Waals surface area contributed by atoms with Crippen LogP contribution >= 0.6 is 11.3 Å². The van der Waals surface area contributed by atoms with Crippen LogP contribution in [0.25, 0.3) is 11.1 Å². The van der Waals surface area contributed by atoms with Gasteiger partial charge in [-0.05, 0) is 47.0 Å². The Bertz CT molecular complexity index is 392. The van der Waals surface area contributed by atoms with Crippen LogP contribution in [0, 0.1) is 0 Å². The van der Waals surface area contributed by atoms with Crippen molar-refractivity contribution in [1.82, 2.24) is 0 Å². The summed E-state index contributed by atoms with van der Waals surface area (Å²) in [6, 6.07) is 10.3. The fourth-order valence-electron chi connectivity index (χ4n) is 1.36. The Kier molecular flexibility index (Phi) is 2.84. The van der Waals surface area contributed by atoms with Gasteiger partial charge in [-0.1, -0.05) is 12.1 Å². The third kappa shape index (κ3) is 1.96. The molecular weight excluding hydrogens is 192 g/mol. The maximum absolute atomic E-state index is 5.45. The van der Waals surface area contributed by atoms with E-state index in [1.807, 2.05) is 19.1 Å². The van der Waals surface area contributed by atoms with Crippen LogP contribution in [0.15, 0.2) is 41.1 Å². The van der Waals surface area contributed by atoms with E-state index < -0.39 is 0 Å². The zero-order valence-electron chi connectivity index (χ0n) is 8.07. The van der Waals surface area contributed by atoms with Gasteiger partial charge in [-0.2, -0.15) is 11.3 Å². The first kappa shape index (κ1) is 9.28. The smallest absolute Gasteiger partial charge is 0.119 e. The lowest BCUT2D eigenvalue weighted by Crippen LogP contribution is -1.90. The van der Waals surface area contributed by atoms with Crippen molar-refractivity contribution in [3.05, 3.63) is 41.1 Å². The normalized spacial score (nSPS) is 10.1. The first-order chi connectivity index (χ1) is 6.90. The summed E-state index contributed by atoms with van der Waals surface area (Å²) in [6.45, 7) is 2.71. The lowest BCUT2D eigenvalue weighted by Gasteiger charge is -2.04. The largest absolute Gasteiger partial charge is 0.494 e. The molecule has 1 heterocycles. The van der Waals surface area contributed by atoms with Crippen LogP contribution in [0.1, 0.15) is 6.92 Å². The van der Waals surface area contributed by atoms with Gasteiger partial charge in [0.25, 0.3) is 0 Å². The lowest BCUT2D eigenvalue weighted by molar-refractivity contribution is 0.340. The number of thiophene rings is 1. The molecule has 0 bridgehead atoms. The molecule has 0 saturated heterocycles. The molecule has 0 amide bonds. The summed E-state index contributed by atoms with van der Waals surface area (Å²) >= 11 is 1.71. The summed E-state index contributed by atoms with van der Waals surface area (Å²) < 4.78 is 5.45. The number of ether oxygens (including phenoxy) is 1. The molecule has 1 aromatic heterocycles. The lowest BCUT2D eigenvalue weighted by atomic mass is 10.1. The fourth-order valence-corrected chi connectivity index (χ4v) is 2.03. The van der Waals surface area contributed by atoms with E-state index in [4.69, 9.17) is 4.74 Å². The summed E-state index contributed by atoms with van der Waals surface area (Å²) in [6.07, 6.45) is 0. The molecule has 2 rings (SSSR count). The van der Waals surface area contributed by atoms with Crippen molar-refractivity contribution in [1.29, 1.82) is 0 Å². The molecule has 72 valence electrons. The van der Waals surface area contributed by atoms with Crippen LogP contribution in [-0.2, 0) is 0 Å². The van der Waals surface area contributed by atoms with Gasteiger partial charge in [0.15, 0.2) is 0 Å². The van der Waals surface area contributed by atoms with Crippen molar-refractivity contribution in [2.75, 3.05) is 6.61 Å². The molecular formula is C12H12OS. The van der Waals surface area contributed by atoms with Crippen LogP contribution in [0.5, 0.6) is 5.75 Å². The van der Waals surface area contributed by atoms with Crippen molar-refractivity contribution in [2.24, 2.45) is 0 Å². The van der Waals surface area contributed by atoms with Crippen LogP contribution in [0.2, 0.25) is 0 Å². The molecule has 2 aromatic rings. The van der Waals surface area contributed by atoms with Gasteiger partial charge in [-0.3, -0.25) is 0 Å². The minimum absolute atomic E-state index is 0.715. The summed E-state index contributed by atoms with van der Waals surface area (Å²) in [5.41, 5.74) is 2.48. The topological polar surface area (TPSA) is 9.23 Å². The zero-order valence-corrected chi connectivity index (χ0v) is 8.88. The fraction of sp³-hybridized carbons (Fsp3) is 0.167. The van der Waals surface area contributed by atoms with E-state index in [-0.39, 0.29) is 0 Å². The van der Waals surface area contributed by atoms with E-state index in [9.17, 15) is 0 Å². The SMILES string of the molecule is CCOc1cccc(-c2ccsc2)c1. The van der Waals surface area contributed by atoms with E-state index in [0.717, 1.165) is 5.75 Å². The van der Waals surface area contributed by atoms with Gasteiger partial charge in [0, 0.05) is 0 Å². The van der Waals surface area contributed by atoms with E-state index in [2.05, 4.69) is 29.0 Å². The molecule has 0 atom stereocenters. The van der Waals surface area contributed by atoms with Crippen molar-refractivity contribution >= 4 is 11.3 Å². The number of hydrogen-bond donors (Lipinski definition) is 0. The molecule has 2 heteroatoms. The number of benzene rings is 1. The van der Waals surface area contributed by atoms with Crippen molar-refractivity contribution < 1.29 is 4.74 Å². The zero-order chi connectivity index (χ0) is 9.80. The summed E-state index contributed by atoms with van der Waals surface area (Å²) in [5.74, 6) is 0.941. The summed E-state index contributed by atoms with van der Waals surface area (Å²) in [5, 5.41) is 4.23. The summed E-state index contributed by atoms with van der Waals surface area (Å²) in [4.78, 5) is 0. The molecule has 0 aliphatic rings. The molecule has 0 radical (unpaired) electrons. The average Bonchev–Trinajstić information content (AvgIpc) is 2.71. The quantitative estimate of drug-likeness (QED) is 0.738. The number of hydrogen-bond acceptors (Lipinski definition) is 2. The Balaban J connectivity index is 2.31. The Hall–Kier alpha value is -1.28. The van der Waals surface area contributed by atoms with Crippen molar-refractivity contribution in [3.63, 3.8) is 0 Å². The minimum atomic E-state index is 0.715. The molecule has 14 heavy (non-hydrogen) atoms. The van der Waals surface area contributed by atoms with Gasteiger partial charge < -0.3 is 4.74 Å². The van der Waals surface area contributed by atoms with E-state index in [1.165, 1.54) is 11.1 Å². The molecule has 0 fully saturated rings. The average molecular weight is 204 g/mol. The van der Waals surface area contributed by atoms with Crippen molar-refractivity contribution in [2.45, 2.75) is 6.92 Å². The predicted molar refractivity (Wildman–Crippen MR) is 60.9 cm³/mol. The van der Waals surface area contributed by atoms with Crippen LogP contribution < -0.4 is 4.74 Å². The van der Waals surface area contributed by atoms with Crippen LogP contribution in [0.4, 0.5) is 0 Å². The van der Waals surface area contributed by atoms with Gasteiger partial charge in [0.2, 0.25) is 0 Å². The highest BCUT2D eigenvalue weighted by Crippen LogP contribution is 2.25. The maximum Gasteiger partial charge on any atom is 0.119 e. The van der Waals surface area contributed by atoms with Gasteiger partial charge in [0.05, 0.1) is 6.61 Å². The van der Waals surface area contributed by atoms with Crippen molar-refractivity contribution in [3.8, 4) is 16.9 Å². The maximum atomic E-state index is 5.45. The third-order valence-corrected chi connectivity index (χ3v) is 2.68. The molecule has 0 spiro atoms. The first-order valence-electron chi connectivity index (χ1n) is 4.65. The van der Waals surface area contributed by atoms with E-state index in [0.29, 0.717) is 6.61 Å². The Morgan fingerprint density at radius 1 is 1.21 bits per heavy atom. The molecule has 1 nitrogen and oxygen atoms in total. The minimum Gasteiger partial charge on any atom is -0.494 e. The Labute approximate surface area is 88.0 Å². The summed E-state index contributed by atoms with van der Waals surface area (Å²) in [7, 11) is 0. The van der Waals surface area contributed by atoms with E-state index in [1.54, 1.807) is 11.3 Å². The monoisotopic (exact) mass is 204 g/mol. The van der Waals surface area contributed by atoms with Gasteiger partial charge >= 0.3 is 0 Å². The molecule has 0 aliphatic heterocycles. The van der Waals surface area contributed by atoms with Crippen LogP contribution in [-0.4, -0.2) is 6.61 Å². The molecule has 0 unspecified atom stereocenters. The first-order valence-corrected chi connectivity index (χ1v) is 5.60. The second-order valence-electron chi connectivity index (χ2n) is 2.97. The highest BCUT2D eigenvalue weighted by molar-refractivity contribution is 7.08. The molecule has 0 aliphatic carbocycles. The molecule has 0 N–H and O–H groups in total. The molecule has 0 saturated carbocycles. The standard InChI is InChI=1S/C12H12OS/c1-2-13-12-5-3-4-10(8-12)11-6-7-14-9-11/h3-9H,2H2,1H3. The van der Waals surface area contributed by atoms with Gasteiger partial charge in [-0.25, -0.2) is 0 Å². The highest BCUT2D eigenvalue weighted by Gasteiger charge is 1.99. The third-order valence-electron chi connectivity index (χ3n) is 2.00. The molecule has 1 aromatic carbocycles. The van der Waals surface area contributed by atoms with Gasteiger partial charge in [0.1, 0.15) is 5.75 Å².